The molecule has 0 radical (unpaired) electrons. The maximum Gasteiger partial charge on any atom is 0.343 e. The minimum atomic E-state index is -0.656. The third kappa shape index (κ3) is 5.73. The highest BCUT2D eigenvalue weighted by molar-refractivity contribution is 5.93. The molecule has 1 rings (SSSR count). The molecule has 1 aromatic carbocycles. The topological polar surface area (TPSA) is 102 Å². The molecular weight excluding hydrogens is 284 g/mol. The number of ether oxygens (including phenoxy) is 1. The summed E-state index contributed by atoms with van der Waals surface area (Å²) in [6.07, 6.45) is 3.56. The molecule has 0 aliphatic carbocycles. The molecule has 22 heavy (non-hydrogen) atoms. The fourth-order valence-corrected chi connectivity index (χ4v) is 2.00. The van der Waals surface area contributed by atoms with Crippen molar-refractivity contribution in [3.05, 3.63) is 29.3 Å². The fourth-order valence-electron chi connectivity index (χ4n) is 2.00. The fraction of sp³-hybridized carbons (Fsp3) is 0.500. The van der Waals surface area contributed by atoms with E-state index < -0.39 is 5.97 Å². The lowest BCUT2D eigenvalue weighted by molar-refractivity contribution is -0.122. The molecule has 0 saturated heterocycles. The van der Waals surface area contributed by atoms with Crippen LogP contribution in [0.5, 0.6) is 5.75 Å². The van der Waals surface area contributed by atoms with Crippen molar-refractivity contribution in [3.8, 4) is 5.75 Å². The van der Waals surface area contributed by atoms with Crippen molar-refractivity contribution in [2.45, 2.75) is 39.0 Å². The molecular formula is C16H24N2O4. The Labute approximate surface area is 130 Å². The van der Waals surface area contributed by atoms with Crippen LogP contribution in [0.25, 0.3) is 0 Å². The number of phenolic OH excluding ortho intramolecular Hbond substituents is 1. The second kappa shape index (κ2) is 9.78. The minimum Gasteiger partial charge on any atom is -0.507 e. The molecule has 0 unspecified atom stereocenters. The van der Waals surface area contributed by atoms with Crippen LogP contribution in [0.4, 0.5) is 0 Å². The van der Waals surface area contributed by atoms with E-state index in [-0.39, 0.29) is 24.0 Å². The Kier molecular flexibility index (Phi) is 7.99. The number of phenols is 1. The van der Waals surface area contributed by atoms with E-state index in [1.54, 1.807) is 12.1 Å². The second-order valence-electron chi connectivity index (χ2n) is 4.94. The Morgan fingerprint density at radius 3 is 2.73 bits per heavy atom. The van der Waals surface area contributed by atoms with Gasteiger partial charge in [0.15, 0.2) is 6.73 Å². The van der Waals surface area contributed by atoms with Crippen molar-refractivity contribution in [2.24, 2.45) is 5.73 Å². The summed E-state index contributed by atoms with van der Waals surface area (Å²) in [6.45, 7) is 2.30. The average Bonchev–Trinajstić information content (AvgIpc) is 2.51. The van der Waals surface area contributed by atoms with Gasteiger partial charge >= 0.3 is 5.97 Å². The van der Waals surface area contributed by atoms with Crippen molar-refractivity contribution < 1.29 is 19.4 Å². The molecule has 0 heterocycles. The van der Waals surface area contributed by atoms with E-state index in [4.69, 9.17) is 10.5 Å². The Morgan fingerprint density at radius 2 is 2.05 bits per heavy atom. The Balaban J connectivity index is 2.36. The molecule has 1 aromatic rings. The van der Waals surface area contributed by atoms with Crippen molar-refractivity contribution in [1.29, 1.82) is 0 Å². The first-order chi connectivity index (χ1) is 10.6. The number of esters is 1. The summed E-state index contributed by atoms with van der Waals surface area (Å²) in [5, 5.41) is 12.4. The van der Waals surface area contributed by atoms with Gasteiger partial charge in [-0.3, -0.25) is 4.79 Å². The number of aromatic hydroxyl groups is 1. The normalized spacial score (nSPS) is 10.3. The lowest BCUT2D eigenvalue weighted by Crippen LogP contribution is -2.27. The maximum atomic E-state index is 11.9. The summed E-state index contributed by atoms with van der Waals surface area (Å²) in [7, 11) is 0. The van der Waals surface area contributed by atoms with Gasteiger partial charge in [0.2, 0.25) is 5.91 Å². The summed E-state index contributed by atoms with van der Waals surface area (Å²) >= 11 is 0. The van der Waals surface area contributed by atoms with Crippen LogP contribution in [0, 0.1) is 0 Å². The lowest BCUT2D eigenvalue weighted by Gasteiger charge is -2.09. The highest BCUT2D eigenvalue weighted by Crippen LogP contribution is 2.23. The van der Waals surface area contributed by atoms with Crippen molar-refractivity contribution >= 4 is 11.9 Å². The number of aryl methyl sites for hydroxylation is 1. The van der Waals surface area contributed by atoms with Crippen LogP contribution in [0.1, 0.15) is 48.5 Å². The van der Waals surface area contributed by atoms with Crippen LogP contribution in [0.15, 0.2) is 18.2 Å². The van der Waals surface area contributed by atoms with E-state index >= 15 is 0 Å². The molecule has 0 spiro atoms. The van der Waals surface area contributed by atoms with Gasteiger partial charge in [0, 0.05) is 6.42 Å². The van der Waals surface area contributed by atoms with Crippen LogP contribution < -0.4 is 11.1 Å². The van der Waals surface area contributed by atoms with Gasteiger partial charge in [-0.25, -0.2) is 4.79 Å². The van der Waals surface area contributed by atoms with E-state index in [0.29, 0.717) is 24.9 Å². The van der Waals surface area contributed by atoms with Gasteiger partial charge in [-0.1, -0.05) is 25.5 Å². The zero-order valence-corrected chi connectivity index (χ0v) is 12.9. The van der Waals surface area contributed by atoms with Gasteiger partial charge in [0.25, 0.3) is 0 Å². The number of hydrogen-bond donors (Lipinski definition) is 3. The van der Waals surface area contributed by atoms with E-state index in [2.05, 4.69) is 5.32 Å². The first-order valence-corrected chi connectivity index (χ1v) is 7.54. The molecule has 0 bridgehead atoms. The second-order valence-corrected chi connectivity index (χ2v) is 4.94. The molecule has 0 saturated carbocycles. The van der Waals surface area contributed by atoms with Crippen molar-refractivity contribution in [1.82, 2.24) is 5.32 Å². The lowest BCUT2D eigenvalue weighted by atomic mass is 10.1. The maximum absolute atomic E-state index is 11.9. The van der Waals surface area contributed by atoms with Crippen LogP contribution in [0.3, 0.4) is 0 Å². The third-order valence-electron chi connectivity index (χ3n) is 3.30. The number of carbonyl (C=O) groups excluding carboxylic acids is 2. The molecule has 0 aromatic heterocycles. The standard InChI is InChI=1S/C16H24N2O4/c1-2-12-7-6-8-13(15(12)20)16(21)22-11-18-14(19)9-4-3-5-10-17/h6-8,20H,2-5,9-11,17H2,1H3,(H,18,19). The van der Waals surface area contributed by atoms with Gasteiger partial charge in [-0.2, -0.15) is 0 Å². The predicted molar refractivity (Wildman–Crippen MR) is 83.4 cm³/mol. The average molecular weight is 308 g/mol. The van der Waals surface area contributed by atoms with Crippen LogP contribution in [0.2, 0.25) is 0 Å². The van der Waals surface area contributed by atoms with E-state index in [1.807, 2.05) is 6.92 Å². The van der Waals surface area contributed by atoms with E-state index in [0.717, 1.165) is 19.3 Å². The van der Waals surface area contributed by atoms with E-state index in [9.17, 15) is 14.7 Å². The van der Waals surface area contributed by atoms with Gasteiger partial charge in [-0.05, 0) is 37.4 Å². The van der Waals surface area contributed by atoms with Gasteiger partial charge in [0.05, 0.1) is 0 Å². The number of amides is 1. The molecule has 4 N–H and O–H groups in total. The van der Waals surface area contributed by atoms with Gasteiger partial charge in [0.1, 0.15) is 11.3 Å². The largest absolute Gasteiger partial charge is 0.507 e. The first kappa shape index (κ1) is 18.0. The first-order valence-electron chi connectivity index (χ1n) is 7.54. The van der Waals surface area contributed by atoms with Gasteiger partial charge in [-0.15, -0.1) is 0 Å². The summed E-state index contributed by atoms with van der Waals surface area (Å²) < 4.78 is 4.96. The zero-order chi connectivity index (χ0) is 16.4. The highest BCUT2D eigenvalue weighted by Gasteiger charge is 2.14. The predicted octanol–water partition coefficient (Wildman–Crippen LogP) is 1.70. The monoisotopic (exact) mass is 308 g/mol. The number of nitrogens with two attached hydrogens (primary N) is 1. The van der Waals surface area contributed by atoms with Crippen LogP contribution in [-0.2, 0) is 16.0 Å². The molecule has 0 aliphatic heterocycles. The Morgan fingerprint density at radius 1 is 1.27 bits per heavy atom. The molecule has 0 fully saturated rings. The number of hydrogen-bond acceptors (Lipinski definition) is 5. The quantitative estimate of drug-likeness (QED) is 0.366. The summed E-state index contributed by atoms with van der Waals surface area (Å²) in [5.74, 6) is -0.893. The number of benzene rings is 1. The van der Waals surface area contributed by atoms with Crippen LogP contribution in [-0.4, -0.2) is 30.3 Å². The Hall–Kier alpha value is -2.08. The summed E-state index contributed by atoms with van der Waals surface area (Å²) in [5.41, 5.74) is 6.16. The van der Waals surface area contributed by atoms with Crippen molar-refractivity contribution in [2.75, 3.05) is 13.3 Å². The van der Waals surface area contributed by atoms with Crippen molar-refractivity contribution in [3.63, 3.8) is 0 Å². The highest BCUT2D eigenvalue weighted by atomic mass is 16.5. The third-order valence-corrected chi connectivity index (χ3v) is 3.30. The molecule has 0 aliphatic rings. The summed E-state index contributed by atoms with van der Waals surface area (Å²) in [6, 6.07) is 4.92. The Bertz CT molecular complexity index is 503. The zero-order valence-electron chi connectivity index (χ0n) is 12.9. The molecule has 122 valence electrons. The number of nitrogens with one attached hydrogen (secondary N) is 1. The molecule has 6 heteroatoms. The number of carbonyl (C=O) groups is 2. The summed E-state index contributed by atoms with van der Waals surface area (Å²) in [4.78, 5) is 23.4. The number of para-hydroxylation sites is 1. The minimum absolute atomic E-state index is 0.0666. The SMILES string of the molecule is CCc1cccc(C(=O)OCNC(=O)CCCCCN)c1O. The smallest absolute Gasteiger partial charge is 0.343 e. The number of unbranched alkanes of at least 4 members (excludes halogenated alkanes) is 2. The van der Waals surface area contributed by atoms with Gasteiger partial charge < -0.3 is 20.9 Å². The van der Waals surface area contributed by atoms with Crippen LogP contribution >= 0.6 is 0 Å². The number of rotatable bonds is 9. The molecule has 6 nitrogen and oxygen atoms in total. The molecule has 1 amide bonds. The van der Waals surface area contributed by atoms with E-state index in [1.165, 1.54) is 6.07 Å². The molecule has 0 atom stereocenters.